The fourth-order valence-electron chi connectivity index (χ4n) is 3.36. The minimum Gasteiger partial charge on any atom is -0.338 e. The van der Waals surface area contributed by atoms with Crippen LogP contribution in [0, 0.1) is 11.7 Å². The first-order valence-corrected chi connectivity index (χ1v) is 9.44. The van der Waals surface area contributed by atoms with E-state index in [1.54, 1.807) is 18.3 Å². The number of carbonyl (C=O) groups is 1. The van der Waals surface area contributed by atoms with Crippen LogP contribution in [0.5, 0.6) is 0 Å². The summed E-state index contributed by atoms with van der Waals surface area (Å²) in [6.45, 7) is 2.33. The summed E-state index contributed by atoms with van der Waals surface area (Å²) in [5.41, 5.74) is 0. The Morgan fingerprint density at radius 2 is 2.16 bits per heavy atom. The molecule has 0 radical (unpaired) electrons. The molecule has 1 aliphatic heterocycles. The predicted octanol–water partition coefficient (Wildman–Crippen LogP) is 4.44. The molecule has 7 heteroatoms. The fraction of sp³-hybridized carbons (Fsp3) is 0.333. The van der Waals surface area contributed by atoms with Crippen molar-refractivity contribution in [2.24, 2.45) is 5.92 Å². The van der Waals surface area contributed by atoms with E-state index in [1.165, 1.54) is 17.4 Å². The second-order valence-electron chi connectivity index (χ2n) is 6.35. The van der Waals surface area contributed by atoms with Crippen LogP contribution >= 0.6 is 22.9 Å². The van der Waals surface area contributed by atoms with Crippen molar-refractivity contribution < 1.29 is 9.18 Å². The normalized spacial score (nSPS) is 15.8. The summed E-state index contributed by atoms with van der Waals surface area (Å²) in [4.78, 5) is 19.2. The maximum atomic E-state index is 14.0. The number of likely N-dealkylation sites (tertiary alicyclic amines) is 1. The molecule has 25 heavy (non-hydrogen) atoms. The molecule has 1 aromatic carbocycles. The molecule has 0 saturated carbocycles. The average Bonchev–Trinajstić information content (AvgIpc) is 3.24. The topological polar surface area (TPSA) is 38.1 Å². The van der Waals surface area contributed by atoms with E-state index >= 15 is 0 Å². The zero-order chi connectivity index (χ0) is 17.4. The summed E-state index contributed by atoms with van der Waals surface area (Å²) in [5.74, 6) is 0.0668. The second kappa shape index (κ2) is 6.77. The van der Waals surface area contributed by atoms with Gasteiger partial charge in [0, 0.05) is 42.1 Å². The van der Waals surface area contributed by atoms with Gasteiger partial charge in [0.2, 0.25) is 0 Å². The van der Waals surface area contributed by atoms with Crippen molar-refractivity contribution in [1.82, 2.24) is 14.5 Å². The number of piperidine rings is 1. The van der Waals surface area contributed by atoms with Crippen LogP contribution in [0.15, 0.2) is 36.9 Å². The monoisotopic (exact) mass is 377 g/mol. The molecule has 3 aromatic rings. The molecule has 0 spiro atoms. The van der Waals surface area contributed by atoms with E-state index in [-0.39, 0.29) is 16.7 Å². The molecule has 1 amide bonds. The minimum atomic E-state index is -0.378. The first kappa shape index (κ1) is 16.5. The lowest BCUT2D eigenvalue weighted by atomic mass is 9.96. The van der Waals surface area contributed by atoms with Crippen molar-refractivity contribution in [2.75, 3.05) is 13.1 Å². The van der Waals surface area contributed by atoms with Crippen LogP contribution in [0.3, 0.4) is 0 Å². The number of imidazole rings is 1. The SMILES string of the molecule is O=C(c1sc2cccc(F)c2c1Cl)N1CCC(Cn2ccnc2)CC1. The van der Waals surface area contributed by atoms with Crippen LogP contribution in [-0.2, 0) is 6.54 Å². The highest BCUT2D eigenvalue weighted by Gasteiger charge is 2.27. The number of nitrogens with zero attached hydrogens (tertiary/aromatic N) is 3. The molecule has 4 rings (SSSR count). The Morgan fingerprint density at radius 3 is 2.84 bits per heavy atom. The van der Waals surface area contributed by atoms with Crippen LogP contribution in [0.2, 0.25) is 5.02 Å². The quantitative estimate of drug-likeness (QED) is 0.676. The van der Waals surface area contributed by atoms with Gasteiger partial charge in [-0.1, -0.05) is 17.7 Å². The molecule has 3 heterocycles. The number of amides is 1. The Morgan fingerprint density at radius 1 is 1.36 bits per heavy atom. The van der Waals surface area contributed by atoms with Gasteiger partial charge in [0.1, 0.15) is 10.7 Å². The molecule has 1 aliphatic rings. The first-order valence-electron chi connectivity index (χ1n) is 8.25. The van der Waals surface area contributed by atoms with Gasteiger partial charge in [0.15, 0.2) is 0 Å². The molecule has 1 fully saturated rings. The van der Waals surface area contributed by atoms with Gasteiger partial charge in [-0.3, -0.25) is 4.79 Å². The molecule has 130 valence electrons. The number of benzene rings is 1. The molecule has 0 aliphatic carbocycles. The Kier molecular flexibility index (Phi) is 4.48. The largest absolute Gasteiger partial charge is 0.338 e. The predicted molar refractivity (Wildman–Crippen MR) is 97.6 cm³/mol. The van der Waals surface area contributed by atoms with E-state index in [0.717, 1.165) is 19.4 Å². The Labute approximate surface area is 153 Å². The van der Waals surface area contributed by atoms with E-state index in [2.05, 4.69) is 9.55 Å². The number of fused-ring (bicyclic) bond motifs is 1. The second-order valence-corrected chi connectivity index (χ2v) is 7.78. The van der Waals surface area contributed by atoms with Gasteiger partial charge in [-0.25, -0.2) is 9.37 Å². The van der Waals surface area contributed by atoms with Crippen molar-refractivity contribution in [1.29, 1.82) is 0 Å². The van der Waals surface area contributed by atoms with Crippen LogP contribution < -0.4 is 0 Å². The summed E-state index contributed by atoms with van der Waals surface area (Å²) in [5, 5.41) is 0.594. The highest BCUT2D eigenvalue weighted by molar-refractivity contribution is 7.21. The maximum absolute atomic E-state index is 14.0. The average molecular weight is 378 g/mol. The van der Waals surface area contributed by atoms with Crippen molar-refractivity contribution in [2.45, 2.75) is 19.4 Å². The first-order chi connectivity index (χ1) is 12.1. The summed E-state index contributed by atoms with van der Waals surface area (Å²) >= 11 is 7.58. The van der Waals surface area contributed by atoms with Gasteiger partial charge in [0.05, 0.1) is 11.3 Å². The molecule has 4 nitrogen and oxygen atoms in total. The third-order valence-electron chi connectivity index (χ3n) is 4.73. The Bertz CT molecular complexity index is 901. The number of halogens is 2. The zero-order valence-corrected chi connectivity index (χ0v) is 15.1. The third kappa shape index (κ3) is 3.16. The summed E-state index contributed by atoms with van der Waals surface area (Å²) in [6, 6.07) is 4.81. The number of thiophene rings is 1. The van der Waals surface area contributed by atoms with Crippen molar-refractivity contribution in [3.63, 3.8) is 0 Å². The number of rotatable bonds is 3. The number of aromatic nitrogens is 2. The molecular formula is C18H17ClFN3OS. The smallest absolute Gasteiger partial charge is 0.265 e. The Balaban J connectivity index is 1.47. The highest BCUT2D eigenvalue weighted by atomic mass is 35.5. The number of hydrogen-bond acceptors (Lipinski definition) is 3. The molecule has 1 saturated heterocycles. The van der Waals surface area contributed by atoms with Gasteiger partial charge in [-0.2, -0.15) is 0 Å². The maximum Gasteiger partial charge on any atom is 0.265 e. The van der Waals surface area contributed by atoms with Crippen LogP contribution in [0.4, 0.5) is 4.39 Å². The highest BCUT2D eigenvalue weighted by Crippen LogP contribution is 2.38. The minimum absolute atomic E-state index is 0.0910. The van der Waals surface area contributed by atoms with Crippen LogP contribution in [0.1, 0.15) is 22.5 Å². The van der Waals surface area contributed by atoms with Gasteiger partial charge in [-0.15, -0.1) is 11.3 Å². The molecule has 2 aromatic heterocycles. The van der Waals surface area contributed by atoms with Crippen LogP contribution in [-0.4, -0.2) is 33.4 Å². The molecule has 0 bridgehead atoms. The molecule has 0 atom stereocenters. The number of hydrogen-bond donors (Lipinski definition) is 0. The summed E-state index contributed by atoms with van der Waals surface area (Å²) in [6.07, 6.45) is 7.45. The van der Waals surface area contributed by atoms with Crippen molar-refractivity contribution in [3.8, 4) is 0 Å². The van der Waals surface area contributed by atoms with Gasteiger partial charge < -0.3 is 9.47 Å². The van der Waals surface area contributed by atoms with Gasteiger partial charge in [-0.05, 0) is 30.9 Å². The lowest BCUT2D eigenvalue weighted by Crippen LogP contribution is -2.39. The van der Waals surface area contributed by atoms with Crippen LogP contribution in [0.25, 0.3) is 10.1 Å². The lowest BCUT2D eigenvalue weighted by molar-refractivity contribution is 0.0688. The standard InChI is InChI=1S/C18H17ClFN3OS/c19-16-15-13(20)2-1-3-14(15)25-17(16)18(24)23-7-4-12(5-8-23)10-22-9-6-21-11-22/h1-3,6,9,11-12H,4-5,7-8,10H2. The van der Waals surface area contributed by atoms with E-state index in [1.807, 2.05) is 17.4 Å². The van der Waals surface area contributed by atoms with E-state index < -0.39 is 0 Å². The van der Waals surface area contributed by atoms with E-state index in [4.69, 9.17) is 11.6 Å². The van der Waals surface area contributed by atoms with Gasteiger partial charge in [0.25, 0.3) is 5.91 Å². The third-order valence-corrected chi connectivity index (χ3v) is 6.36. The van der Waals surface area contributed by atoms with E-state index in [9.17, 15) is 9.18 Å². The molecule has 0 unspecified atom stereocenters. The zero-order valence-electron chi connectivity index (χ0n) is 13.5. The van der Waals surface area contributed by atoms with Crippen molar-refractivity contribution >= 4 is 38.9 Å². The molecule has 0 N–H and O–H groups in total. The Hall–Kier alpha value is -1.92. The van der Waals surface area contributed by atoms with E-state index in [0.29, 0.717) is 34.0 Å². The lowest BCUT2D eigenvalue weighted by Gasteiger charge is -2.32. The molecular weight excluding hydrogens is 361 g/mol. The number of carbonyl (C=O) groups excluding carboxylic acids is 1. The summed E-state index contributed by atoms with van der Waals surface area (Å²) < 4.78 is 16.8. The fourth-order valence-corrected chi connectivity index (χ4v) is 4.88. The van der Waals surface area contributed by atoms with Crippen molar-refractivity contribution in [3.05, 3.63) is 52.6 Å². The summed E-state index contributed by atoms with van der Waals surface area (Å²) in [7, 11) is 0. The van der Waals surface area contributed by atoms with Gasteiger partial charge >= 0.3 is 0 Å².